The summed E-state index contributed by atoms with van der Waals surface area (Å²) in [5.74, 6) is 0.577. The smallest absolute Gasteiger partial charge is 0.232 e. The number of carbonyl (C=O) groups excluding carboxylic acids is 1. The van der Waals surface area contributed by atoms with Gasteiger partial charge in [0.1, 0.15) is 5.02 Å². The molecule has 1 aliphatic rings. The van der Waals surface area contributed by atoms with Crippen LogP contribution in [-0.4, -0.2) is 42.5 Å². The molecule has 0 atom stereocenters. The minimum absolute atomic E-state index is 0.132. The van der Waals surface area contributed by atoms with E-state index in [1.54, 1.807) is 13.3 Å². The van der Waals surface area contributed by atoms with Crippen LogP contribution in [0.15, 0.2) is 12.3 Å². The monoisotopic (exact) mass is 311 g/mol. The second kappa shape index (κ2) is 8.20. The van der Waals surface area contributed by atoms with Gasteiger partial charge in [-0.3, -0.25) is 9.69 Å². The molecule has 2 rings (SSSR count). The van der Waals surface area contributed by atoms with Crippen molar-refractivity contribution in [3.63, 3.8) is 0 Å². The van der Waals surface area contributed by atoms with E-state index in [1.165, 1.54) is 0 Å². The number of amides is 1. The normalized spacial score (nSPS) is 18.1. The van der Waals surface area contributed by atoms with Gasteiger partial charge in [0.25, 0.3) is 0 Å². The Morgan fingerprint density at radius 2 is 2.24 bits per heavy atom. The first-order valence-electron chi connectivity index (χ1n) is 7.36. The van der Waals surface area contributed by atoms with Gasteiger partial charge >= 0.3 is 0 Å². The summed E-state index contributed by atoms with van der Waals surface area (Å²) in [6.45, 7) is 3.31. The molecule has 0 bridgehead atoms. The number of aromatic nitrogens is 1. The number of rotatable bonds is 3. The predicted octanol–water partition coefficient (Wildman–Crippen LogP) is 2.24. The van der Waals surface area contributed by atoms with E-state index in [1.807, 2.05) is 6.07 Å². The molecule has 1 saturated heterocycles. The molecule has 1 aromatic heterocycles. The van der Waals surface area contributed by atoms with Crippen molar-refractivity contribution >= 4 is 17.5 Å². The topological polar surface area (TPSA) is 54.5 Å². The SMILES string of the molecule is COc1ncc(CN2CCCCCNC(=O)CC2)cc1Cl. The van der Waals surface area contributed by atoms with E-state index in [0.717, 1.165) is 51.0 Å². The van der Waals surface area contributed by atoms with E-state index in [0.29, 0.717) is 17.3 Å². The quantitative estimate of drug-likeness (QED) is 0.930. The molecule has 1 N–H and O–H groups in total. The van der Waals surface area contributed by atoms with Crippen LogP contribution in [0.25, 0.3) is 0 Å². The molecule has 6 heteroatoms. The fourth-order valence-electron chi connectivity index (χ4n) is 2.44. The summed E-state index contributed by atoms with van der Waals surface area (Å²) >= 11 is 6.11. The molecule has 0 unspecified atom stereocenters. The number of methoxy groups -OCH3 is 1. The van der Waals surface area contributed by atoms with Crippen LogP contribution in [0.1, 0.15) is 31.2 Å². The summed E-state index contributed by atoms with van der Waals surface area (Å²) < 4.78 is 5.06. The molecule has 1 aliphatic heterocycles. The van der Waals surface area contributed by atoms with Crippen LogP contribution in [0.2, 0.25) is 5.02 Å². The Bertz CT molecular complexity index is 482. The minimum atomic E-state index is 0.132. The Labute approximate surface area is 130 Å². The summed E-state index contributed by atoms with van der Waals surface area (Å²) in [4.78, 5) is 18.1. The van der Waals surface area contributed by atoms with Gasteiger partial charge in [0, 0.05) is 32.3 Å². The first kappa shape index (κ1) is 16.0. The van der Waals surface area contributed by atoms with Gasteiger partial charge in [0.05, 0.1) is 7.11 Å². The van der Waals surface area contributed by atoms with E-state index < -0.39 is 0 Å². The zero-order valence-corrected chi connectivity index (χ0v) is 13.2. The summed E-state index contributed by atoms with van der Waals surface area (Å²) in [5.41, 5.74) is 1.04. The molecule has 2 heterocycles. The zero-order valence-electron chi connectivity index (χ0n) is 12.4. The molecular formula is C15H22ClN3O2. The number of carbonyl (C=O) groups is 1. The zero-order chi connectivity index (χ0) is 15.1. The molecule has 0 saturated carbocycles. The van der Waals surface area contributed by atoms with E-state index >= 15 is 0 Å². The Balaban J connectivity index is 1.97. The molecule has 0 radical (unpaired) electrons. The van der Waals surface area contributed by atoms with Crippen molar-refractivity contribution in [1.29, 1.82) is 0 Å². The van der Waals surface area contributed by atoms with Crippen molar-refractivity contribution in [2.75, 3.05) is 26.7 Å². The molecule has 1 amide bonds. The number of hydrogen-bond acceptors (Lipinski definition) is 4. The fourth-order valence-corrected chi connectivity index (χ4v) is 2.71. The number of pyridine rings is 1. The lowest BCUT2D eigenvalue weighted by Gasteiger charge is -2.23. The van der Waals surface area contributed by atoms with Gasteiger partial charge in [-0.1, -0.05) is 18.0 Å². The fraction of sp³-hybridized carbons (Fsp3) is 0.600. The molecule has 21 heavy (non-hydrogen) atoms. The van der Waals surface area contributed by atoms with Crippen LogP contribution in [-0.2, 0) is 11.3 Å². The molecule has 0 aliphatic carbocycles. The van der Waals surface area contributed by atoms with Crippen molar-refractivity contribution < 1.29 is 9.53 Å². The molecule has 1 fully saturated rings. The Morgan fingerprint density at radius 3 is 3.00 bits per heavy atom. The third kappa shape index (κ3) is 5.17. The predicted molar refractivity (Wildman–Crippen MR) is 82.6 cm³/mol. The number of nitrogens with zero attached hydrogens (tertiary/aromatic N) is 2. The molecule has 5 nitrogen and oxygen atoms in total. The second-order valence-corrected chi connectivity index (χ2v) is 5.68. The van der Waals surface area contributed by atoms with Gasteiger partial charge in [-0.05, 0) is 31.0 Å². The largest absolute Gasteiger partial charge is 0.480 e. The summed E-state index contributed by atoms with van der Waals surface area (Å²) in [6, 6.07) is 1.88. The third-order valence-electron chi connectivity index (χ3n) is 3.59. The maximum Gasteiger partial charge on any atom is 0.232 e. The van der Waals surface area contributed by atoms with Crippen LogP contribution >= 0.6 is 11.6 Å². The molecular weight excluding hydrogens is 290 g/mol. The molecule has 0 aromatic carbocycles. The van der Waals surface area contributed by atoms with Gasteiger partial charge in [-0.15, -0.1) is 0 Å². The van der Waals surface area contributed by atoms with Gasteiger partial charge in [-0.2, -0.15) is 0 Å². The third-order valence-corrected chi connectivity index (χ3v) is 3.86. The van der Waals surface area contributed by atoms with Crippen LogP contribution in [0.5, 0.6) is 5.88 Å². The maximum absolute atomic E-state index is 11.6. The average Bonchev–Trinajstić information content (AvgIpc) is 2.48. The van der Waals surface area contributed by atoms with Crippen molar-refractivity contribution in [3.8, 4) is 5.88 Å². The lowest BCUT2D eigenvalue weighted by atomic mass is 10.2. The summed E-state index contributed by atoms with van der Waals surface area (Å²) in [5, 5.41) is 3.47. The van der Waals surface area contributed by atoms with Crippen molar-refractivity contribution in [1.82, 2.24) is 15.2 Å². The number of ether oxygens (including phenoxy) is 1. The van der Waals surface area contributed by atoms with Gasteiger partial charge in [0.15, 0.2) is 0 Å². The highest BCUT2D eigenvalue weighted by Gasteiger charge is 2.12. The van der Waals surface area contributed by atoms with E-state index in [-0.39, 0.29) is 5.91 Å². The Morgan fingerprint density at radius 1 is 1.38 bits per heavy atom. The molecule has 1 aromatic rings. The first-order chi connectivity index (χ1) is 10.2. The van der Waals surface area contributed by atoms with Crippen LogP contribution in [0.4, 0.5) is 0 Å². The van der Waals surface area contributed by atoms with Crippen LogP contribution in [0, 0.1) is 0 Å². The minimum Gasteiger partial charge on any atom is -0.480 e. The van der Waals surface area contributed by atoms with Crippen molar-refractivity contribution in [2.45, 2.75) is 32.2 Å². The van der Waals surface area contributed by atoms with Gasteiger partial charge in [0.2, 0.25) is 11.8 Å². The van der Waals surface area contributed by atoms with Crippen LogP contribution < -0.4 is 10.1 Å². The van der Waals surface area contributed by atoms with Crippen molar-refractivity contribution in [2.24, 2.45) is 0 Å². The van der Waals surface area contributed by atoms with E-state index in [4.69, 9.17) is 16.3 Å². The number of halogens is 1. The number of nitrogens with one attached hydrogen (secondary N) is 1. The maximum atomic E-state index is 11.6. The van der Waals surface area contributed by atoms with Crippen LogP contribution in [0.3, 0.4) is 0 Å². The van der Waals surface area contributed by atoms with Crippen molar-refractivity contribution in [3.05, 3.63) is 22.8 Å². The second-order valence-electron chi connectivity index (χ2n) is 5.27. The lowest BCUT2D eigenvalue weighted by molar-refractivity contribution is -0.121. The van der Waals surface area contributed by atoms with Gasteiger partial charge in [-0.25, -0.2) is 4.98 Å². The highest BCUT2D eigenvalue weighted by molar-refractivity contribution is 6.31. The molecule has 116 valence electrons. The Kier molecular flexibility index (Phi) is 6.26. The lowest BCUT2D eigenvalue weighted by Crippen LogP contribution is -2.33. The van der Waals surface area contributed by atoms with E-state index in [9.17, 15) is 4.79 Å². The number of hydrogen-bond donors (Lipinski definition) is 1. The Hall–Kier alpha value is -1.33. The highest BCUT2D eigenvalue weighted by atomic mass is 35.5. The van der Waals surface area contributed by atoms with Gasteiger partial charge < -0.3 is 10.1 Å². The average molecular weight is 312 g/mol. The highest BCUT2D eigenvalue weighted by Crippen LogP contribution is 2.22. The van der Waals surface area contributed by atoms with E-state index in [2.05, 4.69) is 15.2 Å². The first-order valence-corrected chi connectivity index (χ1v) is 7.74. The summed E-state index contributed by atoms with van der Waals surface area (Å²) in [6.07, 6.45) is 5.65. The molecule has 0 spiro atoms. The standard InChI is InChI=1S/C15H22ClN3O2/c1-21-15-13(16)9-12(10-18-15)11-19-7-4-2-3-6-17-14(20)5-8-19/h9-10H,2-8,11H2,1H3,(H,17,20). The summed E-state index contributed by atoms with van der Waals surface area (Å²) in [7, 11) is 1.55.